The molecule has 1 aliphatic rings. The van der Waals surface area contributed by atoms with Crippen molar-refractivity contribution < 1.29 is 18.9 Å². The molecule has 1 amide bonds. The van der Waals surface area contributed by atoms with Gasteiger partial charge in [0.15, 0.2) is 5.58 Å². The van der Waals surface area contributed by atoms with Gasteiger partial charge in [-0.15, -0.1) is 0 Å². The van der Waals surface area contributed by atoms with E-state index in [1.165, 1.54) is 18.2 Å². The fraction of sp³-hybridized carbons (Fsp3) is 0.556. The van der Waals surface area contributed by atoms with E-state index in [0.717, 1.165) is 24.2 Å². The van der Waals surface area contributed by atoms with Crippen molar-refractivity contribution in [3.05, 3.63) is 38.9 Å². The number of nitrogens with zero attached hydrogens (tertiary/aromatic N) is 3. The fourth-order valence-corrected chi connectivity index (χ4v) is 3.33. The summed E-state index contributed by atoms with van der Waals surface area (Å²) in [5, 5.41) is 13.6. The van der Waals surface area contributed by atoms with Crippen molar-refractivity contribution in [2.45, 2.75) is 26.5 Å². The van der Waals surface area contributed by atoms with Crippen LogP contribution in [0.5, 0.6) is 0 Å². The molecule has 0 saturated carbocycles. The number of non-ortho nitro benzene ring substituents is 1. The summed E-state index contributed by atoms with van der Waals surface area (Å²) in [6.45, 7) is 7.67. The van der Waals surface area contributed by atoms with Crippen molar-refractivity contribution in [1.29, 1.82) is 0 Å². The molecule has 1 atom stereocenters. The van der Waals surface area contributed by atoms with Crippen LogP contribution in [0.2, 0.25) is 0 Å². The van der Waals surface area contributed by atoms with E-state index in [1.54, 1.807) is 0 Å². The van der Waals surface area contributed by atoms with Crippen molar-refractivity contribution in [3.63, 3.8) is 0 Å². The van der Waals surface area contributed by atoms with Gasteiger partial charge in [0.2, 0.25) is 5.91 Å². The van der Waals surface area contributed by atoms with Crippen LogP contribution in [-0.4, -0.2) is 59.2 Å². The SMILES string of the molecule is CC(C)CN1CCOC(CNC(=O)Cn2c(=O)oc3cc([N+](=O)[O-])ccc32)C1. The predicted molar refractivity (Wildman–Crippen MR) is 101 cm³/mol. The third-order valence-electron chi connectivity index (χ3n) is 4.54. The maximum atomic E-state index is 12.3. The predicted octanol–water partition coefficient (Wildman–Crippen LogP) is 0.976. The molecule has 1 fully saturated rings. The number of amides is 1. The van der Waals surface area contributed by atoms with Crippen LogP contribution in [-0.2, 0) is 16.1 Å². The van der Waals surface area contributed by atoms with Crippen LogP contribution >= 0.6 is 0 Å². The number of carbonyl (C=O) groups is 1. The zero-order valence-corrected chi connectivity index (χ0v) is 15.9. The maximum Gasteiger partial charge on any atom is 0.420 e. The van der Waals surface area contributed by atoms with Gasteiger partial charge >= 0.3 is 5.76 Å². The molecule has 2 heterocycles. The second-order valence-electron chi connectivity index (χ2n) is 7.31. The van der Waals surface area contributed by atoms with Crippen molar-refractivity contribution in [1.82, 2.24) is 14.8 Å². The van der Waals surface area contributed by atoms with E-state index in [1.807, 2.05) is 0 Å². The van der Waals surface area contributed by atoms with Gasteiger partial charge in [-0.25, -0.2) is 4.79 Å². The summed E-state index contributed by atoms with van der Waals surface area (Å²) >= 11 is 0. The number of hydrogen-bond acceptors (Lipinski definition) is 7. The van der Waals surface area contributed by atoms with Crippen molar-refractivity contribution >= 4 is 22.7 Å². The third kappa shape index (κ3) is 4.76. The Morgan fingerprint density at radius 2 is 2.21 bits per heavy atom. The smallest absolute Gasteiger partial charge is 0.407 e. The van der Waals surface area contributed by atoms with E-state index in [4.69, 9.17) is 9.15 Å². The zero-order valence-electron chi connectivity index (χ0n) is 15.9. The molecular weight excluding hydrogens is 368 g/mol. The van der Waals surface area contributed by atoms with E-state index in [0.29, 0.717) is 24.6 Å². The minimum Gasteiger partial charge on any atom is -0.407 e. The molecule has 1 N–H and O–H groups in total. The van der Waals surface area contributed by atoms with Gasteiger partial charge in [0.25, 0.3) is 5.69 Å². The Morgan fingerprint density at radius 3 is 2.93 bits per heavy atom. The average Bonchev–Trinajstić information content (AvgIpc) is 2.94. The van der Waals surface area contributed by atoms with Crippen LogP contribution in [0.1, 0.15) is 13.8 Å². The number of benzene rings is 1. The van der Waals surface area contributed by atoms with E-state index in [-0.39, 0.29) is 29.8 Å². The second-order valence-corrected chi connectivity index (χ2v) is 7.31. The Kier molecular flexibility index (Phi) is 6.10. The van der Waals surface area contributed by atoms with Gasteiger partial charge in [-0.2, -0.15) is 0 Å². The Balaban J connectivity index is 1.60. The number of nitro groups is 1. The highest BCUT2D eigenvalue weighted by atomic mass is 16.6. The number of ether oxygens (including phenoxy) is 1. The number of nitrogens with one attached hydrogen (secondary N) is 1. The summed E-state index contributed by atoms with van der Waals surface area (Å²) in [6.07, 6.45) is -0.100. The molecule has 1 aromatic carbocycles. The molecule has 0 spiro atoms. The van der Waals surface area contributed by atoms with Gasteiger partial charge in [-0.1, -0.05) is 13.8 Å². The third-order valence-corrected chi connectivity index (χ3v) is 4.54. The summed E-state index contributed by atoms with van der Waals surface area (Å²) in [5.41, 5.74) is 0.230. The van der Waals surface area contributed by atoms with Crippen LogP contribution < -0.4 is 11.1 Å². The monoisotopic (exact) mass is 392 g/mol. The molecular formula is C18H24N4O6. The lowest BCUT2D eigenvalue weighted by Gasteiger charge is -2.33. The van der Waals surface area contributed by atoms with Gasteiger partial charge in [0.1, 0.15) is 6.54 Å². The first-order chi connectivity index (χ1) is 13.3. The molecule has 2 aromatic rings. The first kappa shape index (κ1) is 20.0. The first-order valence-electron chi connectivity index (χ1n) is 9.22. The van der Waals surface area contributed by atoms with Gasteiger partial charge in [-0.3, -0.25) is 24.4 Å². The van der Waals surface area contributed by atoms with Crippen LogP contribution in [0.25, 0.3) is 11.1 Å². The van der Waals surface area contributed by atoms with Crippen LogP contribution in [0.4, 0.5) is 5.69 Å². The molecule has 1 aliphatic heterocycles. The molecule has 0 aliphatic carbocycles. The van der Waals surface area contributed by atoms with E-state index in [9.17, 15) is 19.7 Å². The topological polar surface area (TPSA) is 120 Å². The number of aromatic nitrogens is 1. The molecule has 10 heteroatoms. The minimum atomic E-state index is -0.734. The van der Waals surface area contributed by atoms with Gasteiger partial charge in [0.05, 0.1) is 29.2 Å². The summed E-state index contributed by atoms with van der Waals surface area (Å²) < 4.78 is 11.9. The van der Waals surface area contributed by atoms with Crippen molar-refractivity contribution in [3.8, 4) is 0 Å². The summed E-state index contributed by atoms with van der Waals surface area (Å²) in [7, 11) is 0. The molecule has 10 nitrogen and oxygen atoms in total. The van der Waals surface area contributed by atoms with Crippen LogP contribution in [0, 0.1) is 16.0 Å². The molecule has 1 aromatic heterocycles. The number of morpholine rings is 1. The molecule has 152 valence electrons. The quantitative estimate of drug-likeness (QED) is 0.551. The highest BCUT2D eigenvalue weighted by molar-refractivity contribution is 5.80. The summed E-state index contributed by atoms with van der Waals surface area (Å²) in [5.74, 6) is -0.527. The summed E-state index contributed by atoms with van der Waals surface area (Å²) in [6, 6.07) is 3.84. The Hall–Kier alpha value is -2.72. The zero-order chi connectivity index (χ0) is 20.3. The Bertz CT molecular complexity index is 918. The normalized spacial score (nSPS) is 17.9. The molecule has 0 bridgehead atoms. The van der Waals surface area contributed by atoms with E-state index < -0.39 is 10.7 Å². The average molecular weight is 392 g/mol. The lowest BCUT2D eigenvalue weighted by Crippen LogP contribution is -2.48. The minimum absolute atomic E-state index is 0.0759. The highest BCUT2D eigenvalue weighted by Crippen LogP contribution is 2.19. The molecule has 3 rings (SSSR count). The van der Waals surface area contributed by atoms with Crippen molar-refractivity contribution in [2.75, 3.05) is 32.8 Å². The van der Waals surface area contributed by atoms with E-state index in [2.05, 4.69) is 24.1 Å². The number of rotatable bonds is 7. The maximum absolute atomic E-state index is 12.3. The number of oxazole rings is 1. The molecule has 1 unspecified atom stereocenters. The Morgan fingerprint density at radius 1 is 1.43 bits per heavy atom. The lowest BCUT2D eigenvalue weighted by molar-refractivity contribution is -0.384. The lowest BCUT2D eigenvalue weighted by atomic mass is 10.2. The van der Waals surface area contributed by atoms with Crippen LogP contribution in [0.3, 0.4) is 0 Å². The van der Waals surface area contributed by atoms with E-state index >= 15 is 0 Å². The van der Waals surface area contributed by atoms with Gasteiger partial charge in [-0.05, 0) is 12.0 Å². The largest absolute Gasteiger partial charge is 0.420 e. The second kappa shape index (κ2) is 8.53. The molecule has 1 saturated heterocycles. The fourth-order valence-electron chi connectivity index (χ4n) is 3.33. The highest BCUT2D eigenvalue weighted by Gasteiger charge is 2.22. The van der Waals surface area contributed by atoms with Gasteiger partial charge in [0, 0.05) is 32.2 Å². The number of hydrogen-bond donors (Lipinski definition) is 1. The van der Waals surface area contributed by atoms with Crippen molar-refractivity contribution in [2.24, 2.45) is 5.92 Å². The first-order valence-corrected chi connectivity index (χ1v) is 9.22. The van der Waals surface area contributed by atoms with Gasteiger partial charge < -0.3 is 14.5 Å². The summed E-state index contributed by atoms with van der Waals surface area (Å²) in [4.78, 5) is 36.9. The number of nitro benzene ring substituents is 1. The number of fused-ring (bicyclic) bond motifs is 1. The molecule has 28 heavy (non-hydrogen) atoms. The number of carbonyl (C=O) groups excluding carboxylic acids is 1. The standard InChI is InChI=1S/C18H24N4O6/c1-12(2)9-20-5-6-27-14(10-20)8-19-17(23)11-21-15-4-3-13(22(25)26)7-16(15)28-18(21)24/h3-4,7,12,14H,5-6,8-11H2,1-2H3,(H,19,23). The van der Waals surface area contributed by atoms with Crippen LogP contribution in [0.15, 0.2) is 27.4 Å². The Labute approximate surface area is 161 Å². The molecule has 0 radical (unpaired) electrons.